The van der Waals surface area contributed by atoms with Crippen LogP contribution in [0.2, 0.25) is 0 Å². The van der Waals surface area contributed by atoms with Gasteiger partial charge in [0.2, 0.25) is 10.0 Å². The second-order valence-electron chi connectivity index (χ2n) is 6.74. The number of sulfonamides is 1. The summed E-state index contributed by atoms with van der Waals surface area (Å²) in [5.74, 6) is 0.163. The Kier molecular flexibility index (Phi) is 8.00. The van der Waals surface area contributed by atoms with Gasteiger partial charge >= 0.3 is 0 Å². The Balaban J connectivity index is 1.50. The highest BCUT2D eigenvalue weighted by Crippen LogP contribution is 2.22. The van der Waals surface area contributed by atoms with Gasteiger partial charge in [0.25, 0.3) is 5.91 Å². The van der Waals surface area contributed by atoms with Crippen molar-refractivity contribution < 1.29 is 22.7 Å². The summed E-state index contributed by atoms with van der Waals surface area (Å²) in [5, 5.41) is 5.47. The van der Waals surface area contributed by atoms with Crippen molar-refractivity contribution in [3.8, 4) is 5.75 Å². The van der Waals surface area contributed by atoms with Crippen molar-refractivity contribution in [3.05, 3.63) is 52.5 Å². The lowest BCUT2D eigenvalue weighted by molar-refractivity contribution is -0.121. The van der Waals surface area contributed by atoms with E-state index >= 15 is 0 Å². The van der Waals surface area contributed by atoms with Crippen LogP contribution in [0.15, 0.2) is 51.8 Å². The number of carbonyl (C=O) groups excluding carboxylic acids is 1. The fraction of sp³-hybridized carbons (Fsp3) is 0.300. The Hall–Kier alpha value is -2.05. The van der Waals surface area contributed by atoms with Crippen LogP contribution in [0.3, 0.4) is 0 Å². The second-order valence-corrected chi connectivity index (χ2v) is 9.94. The van der Waals surface area contributed by atoms with Crippen LogP contribution in [0.25, 0.3) is 0 Å². The Labute approximate surface area is 195 Å². The van der Waals surface area contributed by atoms with Crippen molar-refractivity contribution >= 4 is 54.9 Å². The molecule has 1 amide bonds. The minimum atomic E-state index is -3.56. The molecule has 2 N–H and O–H groups in total. The van der Waals surface area contributed by atoms with Gasteiger partial charge in [0.05, 0.1) is 18.1 Å². The molecule has 31 heavy (non-hydrogen) atoms. The number of ether oxygens (including phenoxy) is 2. The lowest BCUT2D eigenvalue weighted by Gasteiger charge is -2.26. The van der Waals surface area contributed by atoms with Crippen LogP contribution >= 0.6 is 28.1 Å². The molecule has 0 unspecified atom stereocenters. The van der Waals surface area contributed by atoms with E-state index in [1.807, 2.05) is 19.1 Å². The van der Waals surface area contributed by atoms with Crippen LogP contribution in [0.5, 0.6) is 5.75 Å². The third kappa shape index (κ3) is 6.47. The number of rotatable bonds is 6. The zero-order valence-electron chi connectivity index (χ0n) is 16.8. The zero-order chi connectivity index (χ0) is 22.4. The number of aryl methyl sites for hydroxylation is 1. The molecule has 3 rings (SSSR count). The quantitative estimate of drug-likeness (QED) is 0.557. The Morgan fingerprint density at radius 3 is 2.52 bits per heavy atom. The number of amides is 1. The predicted octanol–water partition coefficient (Wildman–Crippen LogP) is 2.67. The van der Waals surface area contributed by atoms with Gasteiger partial charge in [-0.25, -0.2) is 8.42 Å². The number of hydrogen-bond acceptors (Lipinski definition) is 6. The molecule has 2 aromatic rings. The van der Waals surface area contributed by atoms with Gasteiger partial charge in [-0.3, -0.25) is 10.1 Å². The Morgan fingerprint density at radius 1 is 1.19 bits per heavy atom. The van der Waals surface area contributed by atoms with Crippen LogP contribution in [0.1, 0.15) is 5.56 Å². The standard InChI is InChI=1S/C20H22BrN3O5S2/c1-14-12-16(4-7-18(14)21)29-13-19(25)23-20(30)22-15-2-5-17(6-3-15)31(26,27)24-8-10-28-11-9-24/h2-7,12H,8-11,13H2,1H3,(H2,22,23,25,30). The minimum Gasteiger partial charge on any atom is -0.484 e. The Morgan fingerprint density at radius 2 is 1.87 bits per heavy atom. The molecule has 0 radical (unpaired) electrons. The number of thiocarbonyl (C=S) groups is 1. The number of nitrogens with zero attached hydrogens (tertiary/aromatic N) is 1. The van der Waals surface area contributed by atoms with Crippen LogP contribution < -0.4 is 15.4 Å². The smallest absolute Gasteiger partial charge is 0.264 e. The van der Waals surface area contributed by atoms with E-state index in [-0.39, 0.29) is 16.6 Å². The van der Waals surface area contributed by atoms with Gasteiger partial charge in [-0.1, -0.05) is 15.9 Å². The summed E-state index contributed by atoms with van der Waals surface area (Å²) in [5.41, 5.74) is 1.55. The average Bonchev–Trinajstić information content (AvgIpc) is 2.75. The van der Waals surface area contributed by atoms with Crippen molar-refractivity contribution in [1.29, 1.82) is 0 Å². The van der Waals surface area contributed by atoms with Gasteiger partial charge in [0.1, 0.15) is 5.75 Å². The zero-order valence-corrected chi connectivity index (χ0v) is 20.0. The number of anilines is 1. The second kappa shape index (κ2) is 10.5. The van der Waals surface area contributed by atoms with E-state index in [0.29, 0.717) is 37.7 Å². The molecule has 1 heterocycles. The van der Waals surface area contributed by atoms with Crippen LogP contribution in [-0.2, 0) is 19.6 Å². The molecule has 0 aromatic heterocycles. The maximum Gasteiger partial charge on any atom is 0.264 e. The molecule has 0 bridgehead atoms. The first kappa shape index (κ1) is 23.6. The largest absolute Gasteiger partial charge is 0.484 e. The summed E-state index contributed by atoms with van der Waals surface area (Å²) in [6.07, 6.45) is 0. The first-order valence-corrected chi connectivity index (χ1v) is 12.1. The number of benzene rings is 2. The van der Waals surface area contributed by atoms with Gasteiger partial charge in [-0.2, -0.15) is 4.31 Å². The molecule has 0 aliphatic carbocycles. The third-order valence-corrected chi connectivity index (χ3v) is 7.48. The number of halogens is 1. The van der Waals surface area contributed by atoms with E-state index < -0.39 is 15.9 Å². The van der Waals surface area contributed by atoms with Gasteiger partial charge in [-0.05, 0) is 67.2 Å². The molecule has 8 nitrogen and oxygen atoms in total. The third-order valence-electron chi connectivity index (χ3n) is 4.47. The molecule has 0 atom stereocenters. The number of nitrogens with one attached hydrogen (secondary N) is 2. The van der Waals surface area contributed by atoms with Gasteiger partial charge in [0.15, 0.2) is 11.7 Å². The SMILES string of the molecule is Cc1cc(OCC(=O)NC(=S)Nc2ccc(S(=O)(=O)N3CCOCC3)cc2)ccc1Br. The normalized spacial score (nSPS) is 14.6. The van der Waals surface area contributed by atoms with E-state index in [1.165, 1.54) is 16.4 Å². The fourth-order valence-corrected chi connectivity index (χ4v) is 4.71. The summed E-state index contributed by atoms with van der Waals surface area (Å²) >= 11 is 8.55. The predicted molar refractivity (Wildman–Crippen MR) is 125 cm³/mol. The van der Waals surface area contributed by atoms with E-state index in [2.05, 4.69) is 26.6 Å². The maximum absolute atomic E-state index is 12.6. The summed E-state index contributed by atoms with van der Waals surface area (Å²) < 4.78 is 38.3. The highest BCUT2D eigenvalue weighted by molar-refractivity contribution is 9.10. The summed E-state index contributed by atoms with van der Waals surface area (Å²) in [6, 6.07) is 11.6. The minimum absolute atomic E-state index is 0.0874. The van der Waals surface area contributed by atoms with E-state index in [9.17, 15) is 13.2 Å². The van der Waals surface area contributed by atoms with Crippen molar-refractivity contribution in [2.75, 3.05) is 38.2 Å². The molecular weight excluding hydrogens is 506 g/mol. The molecule has 0 spiro atoms. The van der Waals surface area contributed by atoms with Crippen LogP contribution in [0, 0.1) is 6.92 Å². The van der Waals surface area contributed by atoms with Gasteiger partial charge in [-0.15, -0.1) is 0 Å². The van der Waals surface area contributed by atoms with Crippen molar-refractivity contribution in [2.24, 2.45) is 0 Å². The van der Waals surface area contributed by atoms with Crippen molar-refractivity contribution in [3.63, 3.8) is 0 Å². The molecule has 1 fully saturated rings. The van der Waals surface area contributed by atoms with Gasteiger partial charge in [0, 0.05) is 23.2 Å². The topological polar surface area (TPSA) is 97.0 Å². The molecule has 2 aromatic carbocycles. The highest BCUT2D eigenvalue weighted by Gasteiger charge is 2.26. The Bertz CT molecular complexity index is 1050. The molecule has 166 valence electrons. The first-order chi connectivity index (χ1) is 14.8. The molecule has 1 aliphatic rings. The molecule has 1 aliphatic heterocycles. The highest BCUT2D eigenvalue weighted by atomic mass is 79.9. The maximum atomic E-state index is 12.6. The van der Waals surface area contributed by atoms with E-state index in [0.717, 1.165) is 10.0 Å². The number of morpholine rings is 1. The first-order valence-electron chi connectivity index (χ1n) is 9.43. The van der Waals surface area contributed by atoms with Crippen molar-refractivity contribution in [1.82, 2.24) is 9.62 Å². The number of carbonyl (C=O) groups is 1. The van der Waals surface area contributed by atoms with Crippen LogP contribution in [0.4, 0.5) is 5.69 Å². The average molecular weight is 528 g/mol. The summed E-state index contributed by atoms with van der Waals surface area (Å²) in [4.78, 5) is 12.2. The fourth-order valence-electron chi connectivity index (χ4n) is 2.83. The van der Waals surface area contributed by atoms with E-state index in [1.54, 1.807) is 18.2 Å². The molecule has 1 saturated heterocycles. The summed E-state index contributed by atoms with van der Waals surface area (Å²) in [7, 11) is -3.56. The van der Waals surface area contributed by atoms with E-state index in [4.69, 9.17) is 21.7 Å². The molecule has 11 heteroatoms. The monoisotopic (exact) mass is 527 g/mol. The lowest BCUT2D eigenvalue weighted by Crippen LogP contribution is -2.40. The molecular formula is C20H22BrN3O5S2. The lowest BCUT2D eigenvalue weighted by atomic mass is 10.2. The van der Waals surface area contributed by atoms with Gasteiger partial charge < -0.3 is 14.8 Å². The summed E-state index contributed by atoms with van der Waals surface area (Å²) in [6.45, 7) is 3.17. The molecule has 0 saturated carbocycles. The van der Waals surface area contributed by atoms with Crippen LogP contribution in [-0.4, -0.2) is 56.7 Å². The van der Waals surface area contributed by atoms with Crippen molar-refractivity contribution in [2.45, 2.75) is 11.8 Å². The number of hydrogen-bond donors (Lipinski definition) is 2.